The van der Waals surface area contributed by atoms with Gasteiger partial charge in [-0.15, -0.1) is 0 Å². The highest BCUT2D eigenvalue weighted by Gasteiger charge is 2.15. The molecule has 26 heavy (non-hydrogen) atoms. The molecule has 0 bridgehead atoms. The van der Waals surface area contributed by atoms with E-state index in [1.54, 1.807) is 31.4 Å². The lowest BCUT2D eigenvalue weighted by Crippen LogP contribution is -2.15. The average Bonchev–Trinajstić information content (AvgIpc) is 3.11. The quantitative estimate of drug-likeness (QED) is 0.707. The van der Waals surface area contributed by atoms with Crippen LogP contribution in [-0.2, 0) is 10.0 Å². The number of aromatic nitrogens is 1. The predicted molar refractivity (Wildman–Crippen MR) is 94.3 cm³/mol. The second-order valence-corrected chi connectivity index (χ2v) is 6.90. The zero-order valence-corrected chi connectivity index (χ0v) is 14.5. The van der Waals surface area contributed by atoms with Gasteiger partial charge in [-0.1, -0.05) is 23.4 Å². The topological polar surface area (TPSA) is 125 Å². The average molecular weight is 373 g/mol. The molecule has 9 heteroatoms. The SMILES string of the molecule is COc1cccc(-c2cc(C(=O)Nc3cccc(S(N)(=O)=O)c3)no2)c1. The van der Waals surface area contributed by atoms with E-state index in [1.165, 1.54) is 30.3 Å². The summed E-state index contributed by atoms with van der Waals surface area (Å²) in [5.74, 6) is 0.492. The second-order valence-electron chi connectivity index (χ2n) is 5.34. The minimum Gasteiger partial charge on any atom is -0.497 e. The molecule has 1 aromatic heterocycles. The predicted octanol–water partition coefficient (Wildman–Crippen LogP) is 2.25. The molecule has 1 heterocycles. The van der Waals surface area contributed by atoms with Crippen LogP contribution in [0.15, 0.2) is 64.0 Å². The third-order valence-electron chi connectivity index (χ3n) is 3.52. The number of primary sulfonamides is 1. The minimum absolute atomic E-state index is 0.0452. The normalized spacial score (nSPS) is 11.2. The van der Waals surface area contributed by atoms with Gasteiger partial charge in [-0.3, -0.25) is 4.79 Å². The van der Waals surface area contributed by atoms with Gasteiger partial charge < -0.3 is 14.6 Å². The van der Waals surface area contributed by atoms with Crippen molar-refractivity contribution in [1.29, 1.82) is 0 Å². The second kappa shape index (κ2) is 6.98. The molecule has 0 aliphatic rings. The highest BCUT2D eigenvalue weighted by atomic mass is 32.2. The van der Waals surface area contributed by atoms with Gasteiger partial charge in [-0.25, -0.2) is 13.6 Å². The van der Waals surface area contributed by atoms with E-state index < -0.39 is 15.9 Å². The van der Waals surface area contributed by atoms with E-state index in [4.69, 9.17) is 14.4 Å². The molecule has 2 aromatic carbocycles. The fourth-order valence-corrected chi connectivity index (χ4v) is 2.80. The van der Waals surface area contributed by atoms with E-state index in [9.17, 15) is 13.2 Å². The largest absolute Gasteiger partial charge is 0.497 e. The third kappa shape index (κ3) is 3.90. The number of methoxy groups -OCH3 is 1. The summed E-state index contributed by atoms with van der Waals surface area (Å²) in [7, 11) is -2.31. The van der Waals surface area contributed by atoms with Crippen LogP contribution in [-0.4, -0.2) is 26.6 Å². The fraction of sp³-hybridized carbons (Fsp3) is 0.0588. The van der Waals surface area contributed by atoms with E-state index in [1.807, 2.05) is 0 Å². The maximum Gasteiger partial charge on any atom is 0.277 e. The Bertz CT molecular complexity index is 1060. The minimum atomic E-state index is -3.86. The van der Waals surface area contributed by atoms with Crippen molar-refractivity contribution in [3.63, 3.8) is 0 Å². The number of nitrogens with one attached hydrogen (secondary N) is 1. The molecule has 0 unspecified atom stereocenters. The van der Waals surface area contributed by atoms with E-state index >= 15 is 0 Å². The van der Waals surface area contributed by atoms with Crippen molar-refractivity contribution in [3.05, 3.63) is 60.3 Å². The Morgan fingerprint density at radius 2 is 1.92 bits per heavy atom. The van der Waals surface area contributed by atoms with Gasteiger partial charge in [0.25, 0.3) is 5.91 Å². The van der Waals surface area contributed by atoms with E-state index in [2.05, 4.69) is 10.5 Å². The van der Waals surface area contributed by atoms with Crippen LogP contribution in [0.2, 0.25) is 0 Å². The summed E-state index contributed by atoms with van der Waals surface area (Å²) in [5.41, 5.74) is 1.02. The Morgan fingerprint density at radius 3 is 2.65 bits per heavy atom. The van der Waals surface area contributed by atoms with Crippen molar-refractivity contribution >= 4 is 21.6 Å². The first-order valence-corrected chi connectivity index (χ1v) is 8.97. The number of sulfonamides is 1. The standard InChI is InChI=1S/C17H15N3O5S/c1-24-13-6-2-4-11(8-13)16-10-15(20-25-16)17(21)19-12-5-3-7-14(9-12)26(18,22)23/h2-10H,1H3,(H,19,21)(H2,18,22,23). The summed E-state index contributed by atoms with van der Waals surface area (Å²) in [6.07, 6.45) is 0. The number of ether oxygens (including phenoxy) is 1. The summed E-state index contributed by atoms with van der Waals surface area (Å²) in [6, 6.07) is 14.2. The molecule has 3 aromatic rings. The molecule has 0 saturated carbocycles. The van der Waals surface area contributed by atoms with Gasteiger partial charge in [0.15, 0.2) is 11.5 Å². The Hall–Kier alpha value is -3.17. The Balaban J connectivity index is 1.80. The number of rotatable bonds is 5. The van der Waals surface area contributed by atoms with Crippen molar-refractivity contribution in [2.24, 2.45) is 5.14 Å². The number of nitrogens with zero attached hydrogens (tertiary/aromatic N) is 1. The summed E-state index contributed by atoms with van der Waals surface area (Å²) in [6.45, 7) is 0. The van der Waals surface area contributed by atoms with Crippen LogP contribution < -0.4 is 15.2 Å². The molecule has 3 N–H and O–H groups in total. The molecule has 0 aliphatic carbocycles. The lowest BCUT2D eigenvalue weighted by atomic mass is 10.1. The number of carbonyl (C=O) groups is 1. The molecular weight excluding hydrogens is 358 g/mol. The number of carbonyl (C=O) groups excluding carboxylic acids is 1. The zero-order chi connectivity index (χ0) is 18.7. The molecule has 0 fully saturated rings. The Kier molecular flexibility index (Phi) is 4.74. The van der Waals surface area contributed by atoms with E-state index in [0.29, 0.717) is 17.1 Å². The number of nitrogens with two attached hydrogens (primary N) is 1. The molecular formula is C17H15N3O5S. The first-order valence-electron chi connectivity index (χ1n) is 7.42. The van der Waals surface area contributed by atoms with Crippen molar-refractivity contribution in [3.8, 4) is 17.1 Å². The van der Waals surface area contributed by atoms with Crippen LogP contribution in [0.3, 0.4) is 0 Å². The molecule has 3 rings (SSSR count). The van der Waals surface area contributed by atoms with Gasteiger partial charge in [-0.2, -0.15) is 0 Å². The summed E-state index contributed by atoms with van der Waals surface area (Å²) < 4.78 is 33.1. The fourth-order valence-electron chi connectivity index (χ4n) is 2.24. The molecule has 1 amide bonds. The highest BCUT2D eigenvalue weighted by molar-refractivity contribution is 7.89. The van der Waals surface area contributed by atoms with Crippen LogP contribution in [0.4, 0.5) is 5.69 Å². The first-order chi connectivity index (χ1) is 12.4. The summed E-state index contributed by atoms with van der Waals surface area (Å²) >= 11 is 0. The smallest absolute Gasteiger partial charge is 0.277 e. The maximum atomic E-state index is 12.3. The monoisotopic (exact) mass is 373 g/mol. The molecule has 8 nitrogen and oxygen atoms in total. The van der Waals surface area contributed by atoms with Gasteiger partial charge in [0.05, 0.1) is 12.0 Å². The first kappa shape index (κ1) is 17.6. The Morgan fingerprint density at radius 1 is 1.15 bits per heavy atom. The van der Waals surface area contributed by atoms with Crippen molar-refractivity contribution < 1.29 is 22.5 Å². The van der Waals surface area contributed by atoms with Gasteiger partial charge in [0, 0.05) is 17.3 Å². The van der Waals surface area contributed by atoms with Gasteiger partial charge in [0.1, 0.15) is 5.75 Å². The summed E-state index contributed by atoms with van der Waals surface area (Å²) in [4.78, 5) is 12.2. The van der Waals surface area contributed by atoms with Crippen LogP contribution in [0.5, 0.6) is 5.75 Å². The number of benzene rings is 2. The Labute approximate surface area is 149 Å². The van der Waals surface area contributed by atoms with Crippen LogP contribution in [0, 0.1) is 0 Å². The van der Waals surface area contributed by atoms with Crippen molar-refractivity contribution in [2.45, 2.75) is 4.90 Å². The molecule has 0 radical (unpaired) electrons. The zero-order valence-electron chi connectivity index (χ0n) is 13.7. The number of hydrogen-bond acceptors (Lipinski definition) is 6. The van der Waals surface area contributed by atoms with Crippen molar-refractivity contribution in [2.75, 3.05) is 12.4 Å². The van der Waals surface area contributed by atoms with E-state index in [-0.39, 0.29) is 16.3 Å². The molecule has 0 saturated heterocycles. The van der Waals surface area contributed by atoms with Crippen LogP contribution in [0.1, 0.15) is 10.5 Å². The van der Waals surface area contributed by atoms with E-state index in [0.717, 1.165) is 0 Å². The molecule has 134 valence electrons. The lowest BCUT2D eigenvalue weighted by Gasteiger charge is -2.04. The maximum absolute atomic E-state index is 12.3. The van der Waals surface area contributed by atoms with Gasteiger partial charge >= 0.3 is 0 Å². The molecule has 0 spiro atoms. The summed E-state index contributed by atoms with van der Waals surface area (Å²) in [5, 5.41) is 11.4. The number of hydrogen-bond donors (Lipinski definition) is 2. The van der Waals surface area contributed by atoms with Crippen LogP contribution >= 0.6 is 0 Å². The number of amides is 1. The number of anilines is 1. The van der Waals surface area contributed by atoms with Gasteiger partial charge in [0.2, 0.25) is 10.0 Å². The van der Waals surface area contributed by atoms with Gasteiger partial charge in [-0.05, 0) is 30.3 Å². The van der Waals surface area contributed by atoms with Crippen molar-refractivity contribution in [1.82, 2.24) is 5.16 Å². The molecule has 0 aliphatic heterocycles. The molecule has 0 atom stereocenters. The lowest BCUT2D eigenvalue weighted by molar-refractivity contribution is 0.101. The highest BCUT2D eigenvalue weighted by Crippen LogP contribution is 2.25. The van der Waals surface area contributed by atoms with Crippen LogP contribution in [0.25, 0.3) is 11.3 Å². The third-order valence-corrected chi connectivity index (χ3v) is 4.43.